The summed E-state index contributed by atoms with van der Waals surface area (Å²) in [5.74, 6) is -1.44. The number of hydrogen-bond donors (Lipinski definition) is 3. The molecule has 0 heterocycles. The first-order chi connectivity index (χ1) is 9.24. The molecule has 0 atom stereocenters. The molecule has 0 aliphatic heterocycles. The van der Waals surface area contributed by atoms with Gasteiger partial charge < -0.3 is 10.4 Å². The van der Waals surface area contributed by atoms with E-state index in [1.165, 1.54) is 19.1 Å². The minimum absolute atomic E-state index is 0.0260. The van der Waals surface area contributed by atoms with Crippen LogP contribution in [0.1, 0.15) is 22.8 Å². The highest BCUT2D eigenvalue weighted by molar-refractivity contribution is 7.89. The monoisotopic (exact) mass is 300 g/mol. The number of benzene rings is 1. The minimum Gasteiger partial charge on any atom is -0.478 e. The molecule has 0 unspecified atom stereocenters. The second-order valence-corrected chi connectivity index (χ2v) is 5.93. The molecule has 3 N–H and O–H groups in total. The van der Waals surface area contributed by atoms with E-state index >= 15 is 0 Å². The number of rotatable bonds is 6. The molecule has 1 aromatic carbocycles. The Morgan fingerprint density at radius 2 is 1.90 bits per heavy atom. The molecule has 1 rings (SSSR count). The minimum atomic E-state index is -3.80. The van der Waals surface area contributed by atoms with Crippen molar-refractivity contribution in [1.29, 1.82) is 0 Å². The molecule has 7 nitrogen and oxygen atoms in total. The van der Waals surface area contributed by atoms with Crippen LogP contribution in [-0.2, 0) is 14.8 Å². The predicted molar refractivity (Wildman–Crippen MR) is 72.0 cm³/mol. The molecule has 8 heteroatoms. The van der Waals surface area contributed by atoms with Gasteiger partial charge in [0.05, 0.1) is 10.5 Å². The molecule has 0 saturated heterocycles. The molecule has 0 aliphatic carbocycles. The fraction of sp³-hybridized carbons (Fsp3) is 0.333. The highest BCUT2D eigenvalue weighted by Gasteiger charge is 2.17. The van der Waals surface area contributed by atoms with Crippen molar-refractivity contribution in [1.82, 2.24) is 10.0 Å². The van der Waals surface area contributed by atoms with Crippen molar-refractivity contribution in [3.8, 4) is 0 Å². The number of hydrogen-bond acceptors (Lipinski definition) is 4. The molecular formula is C12H16N2O5S. The van der Waals surface area contributed by atoms with Crippen LogP contribution in [0.3, 0.4) is 0 Å². The quantitative estimate of drug-likeness (QED) is 0.645. The number of amides is 1. The lowest BCUT2D eigenvalue weighted by atomic mass is 10.1. The van der Waals surface area contributed by atoms with E-state index in [1.807, 2.05) is 0 Å². The van der Waals surface area contributed by atoms with Crippen molar-refractivity contribution in [2.75, 3.05) is 13.1 Å². The zero-order chi connectivity index (χ0) is 15.3. The summed E-state index contributed by atoms with van der Waals surface area (Å²) >= 11 is 0. The Kier molecular flexibility index (Phi) is 5.23. The summed E-state index contributed by atoms with van der Waals surface area (Å²) < 4.78 is 26.2. The van der Waals surface area contributed by atoms with Crippen LogP contribution in [0, 0.1) is 6.92 Å². The van der Waals surface area contributed by atoms with Crippen LogP contribution in [0.25, 0.3) is 0 Å². The van der Waals surface area contributed by atoms with E-state index in [4.69, 9.17) is 5.11 Å². The van der Waals surface area contributed by atoms with Gasteiger partial charge in [0.25, 0.3) is 0 Å². The van der Waals surface area contributed by atoms with Gasteiger partial charge in [-0.3, -0.25) is 4.79 Å². The Hall–Kier alpha value is -1.93. The fourth-order valence-corrected chi connectivity index (χ4v) is 2.56. The van der Waals surface area contributed by atoms with Gasteiger partial charge in [0.1, 0.15) is 0 Å². The Balaban J connectivity index is 2.85. The summed E-state index contributed by atoms with van der Waals surface area (Å²) in [5, 5.41) is 11.4. The number of carboxylic acid groups (broad SMARTS) is 1. The summed E-state index contributed by atoms with van der Waals surface area (Å²) in [7, 11) is -3.80. The van der Waals surface area contributed by atoms with Crippen LogP contribution in [0.15, 0.2) is 23.1 Å². The van der Waals surface area contributed by atoms with Crippen LogP contribution in [0.4, 0.5) is 0 Å². The van der Waals surface area contributed by atoms with Crippen LogP contribution < -0.4 is 10.0 Å². The van der Waals surface area contributed by atoms with Gasteiger partial charge >= 0.3 is 5.97 Å². The molecule has 1 amide bonds. The fourth-order valence-electron chi connectivity index (χ4n) is 1.51. The largest absolute Gasteiger partial charge is 0.478 e. The molecule has 110 valence electrons. The van der Waals surface area contributed by atoms with E-state index in [-0.39, 0.29) is 29.5 Å². The average Bonchev–Trinajstić information content (AvgIpc) is 2.34. The van der Waals surface area contributed by atoms with Gasteiger partial charge in [-0.2, -0.15) is 0 Å². The van der Waals surface area contributed by atoms with E-state index in [0.717, 1.165) is 6.07 Å². The van der Waals surface area contributed by atoms with Crippen molar-refractivity contribution in [2.45, 2.75) is 18.7 Å². The number of carbonyl (C=O) groups is 2. The van der Waals surface area contributed by atoms with Crippen LogP contribution in [0.5, 0.6) is 0 Å². The Labute approximate surface area is 117 Å². The number of sulfonamides is 1. The summed E-state index contributed by atoms with van der Waals surface area (Å²) in [6.07, 6.45) is 0. The summed E-state index contributed by atoms with van der Waals surface area (Å²) in [6, 6.07) is 3.88. The zero-order valence-corrected chi connectivity index (χ0v) is 12.0. The van der Waals surface area contributed by atoms with Gasteiger partial charge in [-0.15, -0.1) is 0 Å². The number of aromatic carboxylic acids is 1. The van der Waals surface area contributed by atoms with Crippen molar-refractivity contribution < 1.29 is 23.1 Å². The summed E-state index contributed by atoms with van der Waals surface area (Å²) in [5.41, 5.74) is 0.421. The van der Waals surface area contributed by atoms with Crippen LogP contribution >= 0.6 is 0 Å². The van der Waals surface area contributed by atoms with Gasteiger partial charge in [-0.25, -0.2) is 17.9 Å². The number of nitrogens with one attached hydrogen (secondary N) is 2. The SMILES string of the molecule is CC(=O)NCCNS(=O)(=O)c1ccc(C)c(C(=O)O)c1. The molecule has 0 saturated carbocycles. The topological polar surface area (TPSA) is 113 Å². The van der Waals surface area contributed by atoms with Gasteiger partial charge in [0, 0.05) is 20.0 Å². The number of carbonyl (C=O) groups excluding carboxylic acids is 1. The highest BCUT2D eigenvalue weighted by Crippen LogP contribution is 2.15. The highest BCUT2D eigenvalue weighted by atomic mass is 32.2. The predicted octanol–water partition coefficient (Wildman–Crippen LogP) is 0.108. The molecule has 1 aromatic rings. The second-order valence-electron chi connectivity index (χ2n) is 4.16. The summed E-state index contributed by atoms with van der Waals surface area (Å²) in [4.78, 5) is 21.5. The standard InChI is InChI=1S/C12H16N2O5S/c1-8-3-4-10(7-11(8)12(16)17)20(18,19)14-6-5-13-9(2)15/h3-4,7,14H,5-6H2,1-2H3,(H,13,15)(H,16,17). The smallest absolute Gasteiger partial charge is 0.335 e. The maximum atomic E-state index is 11.9. The van der Waals surface area contributed by atoms with Crippen molar-refractivity contribution in [3.05, 3.63) is 29.3 Å². The van der Waals surface area contributed by atoms with Crippen LogP contribution in [-0.4, -0.2) is 38.5 Å². The van der Waals surface area contributed by atoms with Crippen molar-refractivity contribution in [3.63, 3.8) is 0 Å². The maximum Gasteiger partial charge on any atom is 0.335 e. The Morgan fingerprint density at radius 1 is 1.25 bits per heavy atom. The van der Waals surface area contributed by atoms with Gasteiger partial charge in [0.2, 0.25) is 15.9 Å². The van der Waals surface area contributed by atoms with Crippen molar-refractivity contribution in [2.24, 2.45) is 0 Å². The van der Waals surface area contributed by atoms with Gasteiger partial charge in [-0.05, 0) is 24.6 Å². The van der Waals surface area contributed by atoms with E-state index in [9.17, 15) is 18.0 Å². The first kappa shape index (κ1) is 16.1. The lowest BCUT2D eigenvalue weighted by Gasteiger charge is -2.09. The molecule has 0 radical (unpaired) electrons. The average molecular weight is 300 g/mol. The van der Waals surface area contributed by atoms with E-state index in [2.05, 4.69) is 10.0 Å². The first-order valence-electron chi connectivity index (χ1n) is 5.82. The molecule has 0 aliphatic rings. The molecule has 0 fully saturated rings. The maximum absolute atomic E-state index is 11.9. The molecule has 20 heavy (non-hydrogen) atoms. The third kappa shape index (κ3) is 4.32. The van der Waals surface area contributed by atoms with E-state index in [1.54, 1.807) is 6.92 Å². The Morgan fingerprint density at radius 3 is 2.45 bits per heavy atom. The van der Waals surface area contributed by atoms with E-state index in [0.29, 0.717) is 5.56 Å². The lowest BCUT2D eigenvalue weighted by Crippen LogP contribution is -2.33. The first-order valence-corrected chi connectivity index (χ1v) is 7.30. The number of aryl methyl sites for hydroxylation is 1. The summed E-state index contributed by atoms with van der Waals surface area (Å²) in [6.45, 7) is 3.10. The zero-order valence-electron chi connectivity index (χ0n) is 11.1. The van der Waals surface area contributed by atoms with Gasteiger partial charge in [0.15, 0.2) is 0 Å². The third-order valence-electron chi connectivity index (χ3n) is 2.54. The van der Waals surface area contributed by atoms with Crippen molar-refractivity contribution >= 4 is 21.9 Å². The number of carboxylic acids is 1. The second kappa shape index (κ2) is 6.49. The molecule has 0 spiro atoms. The normalized spacial score (nSPS) is 11.1. The lowest BCUT2D eigenvalue weighted by molar-refractivity contribution is -0.118. The third-order valence-corrected chi connectivity index (χ3v) is 4.00. The molecule has 0 aromatic heterocycles. The van der Waals surface area contributed by atoms with Gasteiger partial charge in [-0.1, -0.05) is 6.07 Å². The molecule has 0 bridgehead atoms. The van der Waals surface area contributed by atoms with Crippen LogP contribution in [0.2, 0.25) is 0 Å². The molecular weight excluding hydrogens is 284 g/mol. The Bertz CT molecular complexity index is 625. The van der Waals surface area contributed by atoms with E-state index < -0.39 is 16.0 Å².